The zero-order chi connectivity index (χ0) is 21.6. The molecule has 3 N–H and O–H groups in total. The van der Waals surface area contributed by atoms with Crippen LogP contribution in [0, 0.1) is 5.92 Å². The van der Waals surface area contributed by atoms with Crippen molar-refractivity contribution < 1.29 is 18.5 Å². The molecule has 2 heterocycles. The molecule has 31 heavy (non-hydrogen) atoms. The number of amides is 2. The molecule has 1 aromatic heterocycles. The number of hydrogen-bond acceptors (Lipinski definition) is 5. The number of rotatable bonds is 4. The van der Waals surface area contributed by atoms with E-state index in [1.807, 2.05) is 0 Å². The second kappa shape index (κ2) is 7.92. The number of hydrogen-bond donors (Lipinski definition) is 2. The number of aryl methyl sites for hydroxylation is 2. The summed E-state index contributed by atoms with van der Waals surface area (Å²) in [5.74, 6) is 0.726. The maximum atomic E-state index is 13.1. The van der Waals surface area contributed by atoms with E-state index in [0.29, 0.717) is 31.6 Å². The van der Waals surface area contributed by atoms with E-state index >= 15 is 0 Å². The summed E-state index contributed by atoms with van der Waals surface area (Å²) < 4.78 is 29.5. The van der Waals surface area contributed by atoms with Gasteiger partial charge >= 0.3 is 6.03 Å². The Morgan fingerprint density at radius 1 is 1.35 bits per heavy atom. The lowest BCUT2D eigenvalue weighted by atomic mass is 9.99. The third-order valence-corrected chi connectivity index (χ3v) is 7.63. The molecular weight excluding hydrogens is 418 g/mol. The number of benzene rings is 1. The molecular formula is C21H27N5O4S. The lowest BCUT2D eigenvalue weighted by molar-refractivity contribution is 0.156. The smallest absolute Gasteiger partial charge is 0.354 e. The van der Waals surface area contributed by atoms with Crippen molar-refractivity contribution in [3.63, 3.8) is 0 Å². The molecule has 0 bridgehead atoms. The maximum Gasteiger partial charge on any atom is 0.354 e. The number of nitrogens with zero attached hydrogens (tertiary/aromatic N) is 3. The largest absolute Gasteiger partial charge is 0.477 e. The highest BCUT2D eigenvalue weighted by atomic mass is 32.2. The molecule has 0 spiro atoms. The number of ether oxygens (including phenoxy) is 2. The van der Waals surface area contributed by atoms with Gasteiger partial charge in [-0.25, -0.2) is 18.8 Å². The summed E-state index contributed by atoms with van der Waals surface area (Å²) in [5, 5.41) is 13.1. The monoisotopic (exact) mass is 445 g/mol. The van der Waals surface area contributed by atoms with E-state index in [0.717, 1.165) is 55.3 Å². The Bertz CT molecular complexity index is 1170. The first-order valence-electron chi connectivity index (χ1n) is 10.7. The van der Waals surface area contributed by atoms with Crippen LogP contribution < -0.4 is 15.2 Å². The molecule has 1 aromatic carbocycles. The highest BCUT2D eigenvalue weighted by Gasteiger charge is 2.30. The number of nitrogens with two attached hydrogens (primary N) is 1. The minimum absolute atomic E-state index is 0.158. The topological polar surface area (TPSA) is 121 Å². The van der Waals surface area contributed by atoms with Gasteiger partial charge in [-0.2, -0.15) is 5.10 Å². The molecule has 9 nitrogen and oxygen atoms in total. The summed E-state index contributed by atoms with van der Waals surface area (Å²) in [6.45, 7) is 1.83. The summed E-state index contributed by atoms with van der Waals surface area (Å²) >= 11 is 0. The zero-order valence-corrected chi connectivity index (χ0v) is 18.4. The minimum Gasteiger partial charge on any atom is -0.477 e. The van der Waals surface area contributed by atoms with Gasteiger partial charge in [0.1, 0.15) is 4.90 Å². The van der Waals surface area contributed by atoms with E-state index in [-0.39, 0.29) is 4.90 Å². The van der Waals surface area contributed by atoms with E-state index in [1.54, 1.807) is 11.8 Å². The SMILES string of the molecule is COC[C@H]1Cc2cc3c(c(NC(=O)N=[S@@](N)(=O)c4cnn5c4OCCC5)c2C1)CCC3. The van der Waals surface area contributed by atoms with Crippen LogP contribution >= 0.6 is 0 Å². The fourth-order valence-corrected chi connectivity index (χ4v) is 5.99. The number of aromatic nitrogens is 2. The number of anilines is 1. The number of urea groups is 1. The number of carbonyl (C=O) groups is 1. The molecule has 3 aliphatic rings. The molecule has 5 rings (SSSR count). The van der Waals surface area contributed by atoms with E-state index in [4.69, 9.17) is 14.6 Å². The van der Waals surface area contributed by atoms with Crippen LogP contribution in [0.1, 0.15) is 35.1 Å². The van der Waals surface area contributed by atoms with Crippen LogP contribution in [0.4, 0.5) is 10.5 Å². The first kappa shape index (κ1) is 20.5. The van der Waals surface area contributed by atoms with Gasteiger partial charge in [0.25, 0.3) is 0 Å². The van der Waals surface area contributed by atoms with Crippen molar-refractivity contribution in [2.75, 3.05) is 25.6 Å². The van der Waals surface area contributed by atoms with E-state index in [9.17, 15) is 9.00 Å². The van der Waals surface area contributed by atoms with Crippen LogP contribution in [0.15, 0.2) is 21.5 Å². The van der Waals surface area contributed by atoms with Crippen molar-refractivity contribution in [1.29, 1.82) is 0 Å². The number of carbonyl (C=O) groups excluding carboxylic acids is 1. The summed E-state index contributed by atoms with van der Waals surface area (Å²) in [5.41, 5.74) is 5.65. The van der Waals surface area contributed by atoms with E-state index < -0.39 is 15.9 Å². The van der Waals surface area contributed by atoms with Gasteiger partial charge < -0.3 is 14.8 Å². The number of methoxy groups -OCH3 is 1. The van der Waals surface area contributed by atoms with Gasteiger partial charge in [-0.15, -0.1) is 4.36 Å². The quantitative estimate of drug-likeness (QED) is 0.749. The van der Waals surface area contributed by atoms with Crippen molar-refractivity contribution in [3.8, 4) is 5.88 Å². The normalized spacial score (nSPS) is 20.9. The molecule has 2 aromatic rings. The van der Waals surface area contributed by atoms with Crippen molar-refractivity contribution in [2.45, 2.75) is 50.0 Å². The number of nitrogens with one attached hydrogen (secondary N) is 1. The van der Waals surface area contributed by atoms with Gasteiger partial charge in [0.05, 0.1) is 12.8 Å². The van der Waals surface area contributed by atoms with Crippen LogP contribution in [0.25, 0.3) is 0 Å². The Balaban J connectivity index is 1.46. The van der Waals surface area contributed by atoms with Gasteiger partial charge in [0.15, 0.2) is 9.92 Å². The predicted octanol–water partition coefficient (Wildman–Crippen LogP) is 2.45. The van der Waals surface area contributed by atoms with Crippen LogP contribution in [0.3, 0.4) is 0 Å². The summed E-state index contributed by atoms with van der Waals surface area (Å²) in [6.07, 6.45) is 6.95. The highest BCUT2D eigenvalue weighted by molar-refractivity contribution is 7.91. The molecule has 0 unspecified atom stereocenters. The van der Waals surface area contributed by atoms with Crippen LogP contribution in [-0.2, 0) is 46.9 Å². The summed E-state index contributed by atoms with van der Waals surface area (Å²) in [6, 6.07) is 1.57. The molecule has 10 heteroatoms. The first-order chi connectivity index (χ1) is 15.0. The van der Waals surface area contributed by atoms with Crippen molar-refractivity contribution in [3.05, 3.63) is 34.5 Å². The van der Waals surface area contributed by atoms with Crippen molar-refractivity contribution in [1.82, 2.24) is 9.78 Å². The lowest BCUT2D eigenvalue weighted by Gasteiger charge is -2.16. The Morgan fingerprint density at radius 2 is 2.23 bits per heavy atom. The summed E-state index contributed by atoms with van der Waals surface area (Å²) in [4.78, 5) is 13.0. The molecule has 0 saturated heterocycles. The van der Waals surface area contributed by atoms with Crippen molar-refractivity contribution in [2.24, 2.45) is 15.4 Å². The lowest BCUT2D eigenvalue weighted by Crippen LogP contribution is -2.21. The standard InChI is InChI=1S/C21H27N5O4S/c1-29-12-13-8-15-10-14-4-2-5-16(14)19(17(15)9-13)24-21(27)25-31(22,28)18-11-23-26-6-3-7-30-20(18)26/h10-11,13H,2-9,12H2,1H3,(H3,22,24,25,27,28)/t13-,31+/m0/s1. The van der Waals surface area contributed by atoms with E-state index in [1.165, 1.54) is 17.3 Å². The van der Waals surface area contributed by atoms with Gasteiger partial charge in [-0.1, -0.05) is 6.07 Å². The van der Waals surface area contributed by atoms with Gasteiger partial charge in [-0.05, 0) is 60.3 Å². The second-order valence-electron chi connectivity index (χ2n) is 8.44. The Morgan fingerprint density at radius 3 is 3.06 bits per heavy atom. The fraction of sp³-hybridized carbons (Fsp3) is 0.524. The molecule has 0 radical (unpaired) electrons. The highest BCUT2D eigenvalue weighted by Crippen LogP contribution is 2.40. The second-order valence-corrected chi connectivity index (χ2v) is 10.2. The average Bonchev–Trinajstić information content (AvgIpc) is 3.45. The van der Waals surface area contributed by atoms with E-state index in [2.05, 4.69) is 20.8 Å². The molecule has 166 valence electrons. The molecule has 2 aliphatic carbocycles. The Kier molecular flexibility index (Phi) is 5.23. The third-order valence-electron chi connectivity index (χ3n) is 6.28. The van der Waals surface area contributed by atoms with Crippen LogP contribution in [-0.4, -0.2) is 40.3 Å². The minimum atomic E-state index is -3.49. The van der Waals surface area contributed by atoms with Gasteiger partial charge in [0.2, 0.25) is 5.88 Å². The van der Waals surface area contributed by atoms with Crippen LogP contribution in [0.2, 0.25) is 0 Å². The van der Waals surface area contributed by atoms with Gasteiger partial charge in [-0.3, -0.25) is 0 Å². The molecule has 0 fully saturated rings. The Labute approximate surface area is 181 Å². The van der Waals surface area contributed by atoms with Crippen molar-refractivity contribution >= 4 is 21.6 Å². The maximum absolute atomic E-state index is 13.1. The third kappa shape index (κ3) is 3.72. The number of fused-ring (bicyclic) bond motifs is 3. The molecule has 1 aliphatic heterocycles. The molecule has 0 saturated carbocycles. The molecule has 2 atom stereocenters. The average molecular weight is 446 g/mol. The Hall–Kier alpha value is -2.43. The first-order valence-corrected chi connectivity index (χ1v) is 12.2. The fourth-order valence-electron chi connectivity index (χ4n) is 4.99. The predicted molar refractivity (Wildman–Crippen MR) is 116 cm³/mol. The zero-order valence-electron chi connectivity index (χ0n) is 17.6. The van der Waals surface area contributed by atoms with Crippen LogP contribution in [0.5, 0.6) is 5.88 Å². The van der Waals surface area contributed by atoms with Gasteiger partial charge in [0, 0.05) is 32.4 Å². The summed E-state index contributed by atoms with van der Waals surface area (Å²) in [7, 11) is -1.78. The molecule has 2 amide bonds.